The number of aromatic nitrogens is 2. The summed E-state index contributed by atoms with van der Waals surface area (Å²) in [7, 11) is 9.40. The number of nitrogens with zero attached hydrogens (tertiary/aromatic N) is 2. The van der Waals surface area contributed by atoms with Crippen LogP contribution in [0.3, 0.4) is 0 Å². The topological polar surface area (TPSA) is 77.8 Å². The van der Waals surface area contributed by atoms with Crippen molar-refractivity contribution in [2.45, 2.75) is 0 Å². The van der Waals surface area contributed by atoms with Gasteiger partial charge in [-0.25, -0.2) is 0 Å². The van der Waals surface area contributed by atoms with Crippen LogP contribution in [0, 0.1) is 0 Å². The van der Waals surface area contributed by atoms with Crippen molar-refractivity contribution in [3.8, 4) is 11.4 Å². The van der Waals surface area contributed by atoms with Gasteiger partial charge in [-0.15, -0.1) is 0 Å². The molecule has 7 heteroatoms. The van der Waals surface area contributed by atoms with E-state index in [9.17, 15) is 0 Å². The molecule has 0 aliphatic heterocycles. The number of nitrogens with two attached hydrogens (primary N) is 2. The van der Waals surface area contributed by atoms with E-state index in [1.165, 1.54) is 0 Å². The summed E-state index contributed by atoms with van der Waals surface area (Å²) in [4.78, 5) is 8.31. The van der Waals surface area contributed by atoms with Crippen molar-refractivity contribution in [2.75, 3.05) is 11.5 Å². The van der Waals surface area contributed by atoms with Crippen LogP contribution in [0.15, 0.2) is 36.7 Å². The van der Waals surface area contributed by atoms with Gasteiger partial charge in [-0.3, -0.25) is 9.97 Å². The zero-order valence-electron chi connectivity index (χ0n) is 8.59. The van der Waals surface area contributed by atoms with Crippen LogP contribution in [-0.2, 0) is 12.7 Å². The molecule has 2 aromatic rings. The van der Waals surface area contributed by atoms with Crippen LogP contribution >= 0.6 is 20.4 Å². The molecule has 94 valence electrons. The second-order valence-corrected chi connectivity index (χ2v) is 4.63. The van der Waals surface area contributed by atoms with Crippen molar-refractivity contribution in [3.05, 3.63) is 36.7 Å². The quantitative estimate of drug-likeness (QED) is 0.793. The molecule has 4 N–H and O–H groups in total. The third-order valence-corrected chi connectivity index (χ3v) is 1.83. The van der Waals surface area contributed by atoms with Gasteiger partial charge in [0.05, 0.1) is 11.4 Å². The van der Waals surface area contributed by atoms with E-state index in [0.29, 0.717) is 24.0 Å². The third kappa shape index (κ3) is 4.78. The van der Waals surface area contributed by atoms with Gasteiger partial charge in [-0.05, 0) is 24.3 Å². The molecule has 0 saturated carbocycles. The maximum atomic E-state index is 5.63. The first kappa shape index (κ1) is 14.0. The molecular formula is C10H10Cl2N4Ni. The molecule has 2 rings (SSSR count). The molecule has 0 fully saturated rings. The summed E-state index contributed by atoms with van der Waals surface area (Å²) < 4.78 is 0. The van der Waals surface area contributed by atoms with E-state index in [4.69, 9.17) is 31.9 Å². The minimum absolute atomic E-state index is 0.569. The molecule has 0 atom stereocenters. The van der Waals surface area contributed by atoms with Crippen LogP contribution in [0.25, 0.3) is 11.4 Å². The predicted octanol–water partition coefficient (Wildman–Crippen LogP) is 2.68. The van der Waals surface area contributed by atoms with Gasteiger partial charge in [0.25, 0.3) is 0 Å². The zero-order valence-corrected chi connectivity index (χ0v) is 11.1. The number of hydrogen-bond acceptors (Lipinski definition) is 4. The Labute approximate surface area is 114 Å². The monoisotopic (exact) mass is 314 g/mol. The van der Waals surface area contributed by atoms with E-state index >= 15 is 0 Å². The molecule has 4 nitrogen and oxygen atoms in total. The SMILES string of the molecule is Nc1ccnc(-c2cc(N)ccn2)c1.[Cl][Ni][Cl]. The molecule has 0 radical (unpaired) electrons. The Bertz CT molecular complexity index is 438. The predicted molar refractivity (Wildman–Crippen MR) is 68.0 cm³/mol. The summed E-state index contributed by atoms with van der Waals surface area (Å²) in [5.41, 5.74) is 14.1. The van der Waals surface area contributed by atoms with E-state index in [1.54, 1.807) is 36.7 Å². The van der Waals surface area contributed by atoms with Crippen molar-refractivity contribution in [3.63, 3.8) is 0 Å². The number of hydrogen-bond donors (Lipinski definition) is 2. The maximum absolute atomic E-state index is 5.63. The van der Waals surface area contributed by atoms with Gasteiger partial charge in [-0.1, -0.05) is 0 Å². The first-order valence-electron chi connectivity index (χ1n) is 4.43. The van der Waals surface area contributed by atoms with Gasteiger partial charge in [-0.2, -0.15) is 0 Å². The molecule has 0 unspecified atom stereocenters. The number of pyridine rings is 2. The average molecular weight is 316 g/mol. The van der Waals surface area contributed by atoms with Gasteiger partial charge in [0.1, 0.15) is 0 Å². The molecule has 0 aliphatic carbocycles. The Morgan fingerprint density at radius 1 is 0.882 bits per heavy atom. The van der Waals surface area contributed by atoms with E-state index in [2.05, 4.69) is 9.97 Å². The van der Waals surface area contributed by atoms with E-state index < -0.39 is 0 Å². The number of rotatable bonds is 1. The van der Waals surface area contributed by atoms with Crippen molar-refractivity contribution < 1.29 is 12.7 Å². The standard InChI is InChI=1S/C10H10N4.2ClH.Ni/c11-7-1-3-13-9(5-7)10-6-8(12)2-4-14-10;;;/h1-6H,(H2,11,13)(H2,12,14);2*1H;/q;;;+2/p-2. The molecule has 0 spiro atoms. The van der Waals surface area contributed by atoms with Crippen molar-refractivity contribution in [1.29, 1.82) is 0 Å². The second kappa shape index (κ2) is 7.33. The third-order valence-electron chi connectivity index (χ3n) is 1.83. The van der Waals surface area contributed by atoms with Crippen LogP contribution in [0.1, 0.15) is 0 Å². The Morgan fingerprint density at radius 3 is 1.53 bits per heavy atom. The summed E-state index contributed by atoms with van der Waals surface area (Å²) in [6.07, 6.45) is 3.30. The molecule has 17 heavy (non-hydrogen) atoms. The minimum atomic E-state index is 0.569. The van der Waals surface area contributed by atoms with E-state index in [1.807, 2.05) is 0 Å². The summed E-state index contributed by atoms with van der Waals surface area (Å²) >= 11 is 0.569. The van der Waals surface area contributed by atoms with Gasteiger partial charge in [0.2, 0.25) is 0 Å². The van der Waals surface area contributed by atoms with E-state index in [-0.39, 0.29) is 0 Å². The zero-order chi connectivity index (χ0) is 12.7. The second-order valence-electron chi connectivity index (χ2n) is 2.99. The van der Waals surface area contributed by atoms with Gasteiger partial charge in [0.15, 0.2) is 0 Å². The van der Waals surface area contributed by atoms with E-state index in [0.717, 1.165) is 11.4 Å². The Kier molecular flexibility index (Phi) is 6.05. The van der Waals surface area contributed by atoms with Crippen molar-refractivity contribution >= 4 is 31.8 Å². The molecule has 2 heterocycles. The molecule has 0 aliphatic rings. The first-order valence-corrected chi connectivity index (χ1v) is 7.15. The fourth-order valence-electron chi connectivity index (χ4n) is 1.17. The number of halogens is 2. The Morgan fingerprint density at radius 2 is 1.24 bits per heavy atom. The summed E-state index contributed by atoms with van der Waals surface area (Å²) in [5, 5.41) is 0. The summed E-state index contributed by atoms with van der Waals surface area (Å²) in [6.45, 7) is 0. The average Bonchev–Trinajstić information content (AvgIpc) is 2.30. The number of anilines is 2. The normalized spacial score (nSPS) is 9.53. The van der Waals surface area contributed by atoms with Gasteiger partial charge >= 0.3 is 33.0 Å². The van der Waals surface area contributed by atoms with Crippen molar-refractivity contribution in [2.24, 2.45) is 0 Å². The molecule has 0 bridgehead atoms. The Hall–Kier alpha value is -1.03. The fourth-order valence-corrected chi connectivity index (χ4v) is 1.17. The number of nitrogen functional groups attached to an aromatic ring is 2. The molecule has 2 aromatic heterocycles. The van der Waals surface area contributed by atoms with Crippen LogP contribution in [-0.4, -0.2) is 9.97 Å². The summed E-state index contributed by atoms with van der Waals surface area (Å²) in [6, 6.07) is 7.00. The van der Waals surface area contributed by atoms with Crippen LogP contribution in [0.2, 0.25) is 0 Å². The molecular weight excluding hydrogens is 306 g/mol. The van der Waals surface area contributed by atoms with Crippen LogP contribution in [0.5, 0.6) is 0 Å². The van der Waals surface area contributed by atoms with Crippen molar-refractivity contribution in [1.82, 2.24) is 9.97 Å². The fraction of sp³-hybridized carbons (Fsp3) is 0. The van der Waals surface area contributed by atoms with Gasteiger partial charge in [0, 0.05) is 23.8 Å². The van der Waals surface area contributed by atoms with Crippen LogP contribution < -0.4 is 11.5 Å². The molecule has 0 saturated heterocycles. The Balaban J connectivity index is 0.000000437. The molecule has 0 amide bonds. The summed E-state index contributed by atoms with van der Waals surface area (Å²) in [5.74, 6) is 0. The van der Waals surface area contributed by atoms with Gasteiger partial charge < -0.3 is 11.5 Å². The van der Waals surface area contributed by atoms with Crippen LogP contribution in [0.4, 0.5) is 11.4 Å². The molecule has 0 aromatic carbocycles. The first-order chi connectivity index (χ1) is 8.17.